The molecule has 0 amide bonds. The Hall–Kier alpha value is -9.19. The molecule has 0 unspecified atom stereocenters. The Bertz CT molecular complexity index is 4550. The molecule has 0 aliphatic rings. The molecule has 0 atom stereocenters. The summed E-state index contributed by atoms with van der Waals surface area (Å²) in [6.07, 6.45) is 0. The summed E-state index contributed by atoms with van der Waals surface area (Å²) in [5.41, 5.74) is 7.22. The lowest BCUT2D eigenvalue weighted by atomic mass is 9.93. The Morgan fingerprint density at radius 3 is 1.13 bits per heavy atom. The van der Waals surface area contributed by atoms with E-state index in [0.29, 0.717) is 17.6 Å². The Labute approximate surface area is 389 Å². The predicted octanol–water partition coefficient (Wildman–Crippen LogP) is 16.3. The maximum atomic E-state index is 5.52. The van der Waals surface area contributed by atoms with Gasteiger partial charge in [-0.15, -0.1) is 0 Å². The molecule has 314 valence electrons. The average Bonchev–Trinajstić information content (AvgIpc) is 3.94. The van der Waals surface area contributed by atoms with Gasteiger partial charge in [0.2, 0.25) is 5.95 Å². The minimum atomic E-state index is 0.559. The van der Waals surface area contributed by atoms with E-state index in [4.69, 9.17) is 15.0 Å². The Morgan fingerprint density at radius 2 is 0.603 bits per heavy atom. The topological polar surface area (TPSA) is 48.5 Å². The summed E-state index contributed by atoms with van der Waals surface area (Å²) >= 11 is 0. The molecule has 15 aromatic rings. The lowest BCUT2D eigenvalue weighted by molar-refractivity contribution is 0.953. The van der Waals surface area contributed by atoms with Crippen LogP contribution in [-0.4, -0.2) is 24.1 Å². The van der Waals surface area contributed by atoms with Crippen molar-refractivity contribution in [3.05, 3.63) is 224 Å². The molecule has 0 saturated carbocycles. The van der Waals surface area contributed by atoms with Crippen molar-refractivity contribution < 1.29 is 0 Å². The number of para-hydroxylation sites is 2. The SMILES string of the molecule is c1ccc(-c2nc(-c3ccc4c5ccccc5c5ccccc5c4c3)nc(-n3c4ccccc4c4ccc5c6ccccc6n(-c6ccc7c8ccccc8c8ccccc8c7c6)c5c43)n2)cc1. The summed E-state index contributed by atoms with van der Waals surface area (Å²) in [5, 5.41) is 19.4. The molecular weight excluding hydrogens is 827 g/mol. The molecule has 15 rings (SSSR count). The van der Waals surface area contributed by atoms with Crippen LogP contribution in [-0.2, 0) is 0 Å². The molecule has 0 bridgehead atoms. The van der Waals surface area contributed by atoms with Crippen molar-refractivity contribution in [1.29, 1.82) is 0 Å². The van der Waals surface area contributed by atoms with Gasteiger partial charge < -0.3 is 4.57 Å². The smallest absolute Gasteiger partial charge is 0.238 e. The number of benzene rings is 12. The third-order valence-electron chi connectivity index (χ3n) is 14.3. The van der Waals surface area contributed by atoms with Crippen molar-refractivity contribution in [2.45, 2.75) is 0 Å². The summed E-state index contributed by atoms with van der Waals surface area (Å²) in [4.78, 5) is 16.2. The lowest BCUT2D eigenvalue weighted by Crippen LogP contribution is -2.07. The van der Waals surface area contributed by atoms with E-state index in [1.54, 1.807) is 0 Å². The summed E-state index contributed by atoms with van der Waals surface area (Å²) in [6, 6.07) is 81.0. The second-order valence-electron chi connectivity index (χ2n) is 17.9. The number of rotatable bonds is 4. The highest BCUT2D eigenvalue weighted by atomic mass is 15.2. The first-order valence-corrected chi connectivity index (χ1v) is 23.2. The second-order valence-corrected chi connectivity index (χ2v) is 17.9. The maximum absolute atomic E-state index is 5.52. The van der Waals surface area contributed by atoms with Crippen LogP contribution in [0.25, 0.3) is 143 Å². The third-order valence-corrected chi connectivity index (χ3v) is 14.3. The molecule has 5 heteroatoms. The van der Waals surface area contributed by atoms with Gasteiger partial charge in [0.1, 0.15) is 0 Å². The van der Waals surface area contributed by atoms with E-state index in [1.165, 1.54) is 70.0 Å². The van der Waals surface area contributed by atoms with E-state index >= 15 is 0 Å². The quantitative estimate of drug-likeness (QED) is 0.166. The molecule has 0 aliphatic heterocycles. The van der Waals surface area contributed by atoms with E-state index in [-0.39, 0.29) is 0 Å². The number of nitrogens with zero attached hydrogens (tertiary/aromatic N) is 5. The fourth-order valence-electron chi connectivity index (χ4n) is 11.4. The molecule has 3 aromatic heterocycles. The molecule has 12 aromatic carbocycles. The van der Waals surface area contributed by atoms with Crippen molar-refractivity contribution in [1.82, 2.24) is 24.1 Å². The van der Waals surface area contributed by atoms with Crippen molar-refractivity contribution in [2.24, 2.45) is 0 Å². The van der Waals surface area contributed by atoms with Crippen LogP contribution in [0.5, 0.6) is 0 Å². The third kappa shape index (κ3) is 5.24. The molecule has 0 spiro atoms. The second kappa shape index (κ2) is 14.2. The highest BCUT2D eigenvalue weighted by molar-refractivity contribution is 6.28. The van der Waals surface area contributed by atoms with Crippen LogP contribution in [0.4, 0.5) is 0 Å². The number of hydrogen-bond acceptors (Lipinski definition) is 3. The minimum absolute atomic E-state index is 0.559. The highest BCUT2D eigenvalue weighted by Crippen LogP contribution is 2.44. The minimum Gasteiger partial charge on any atom is -0.307 e. The van der Waals surface area contributed by atoms with Crippen molar-refractivity contribution in [2.75, 3.05) is 0 Å². The fraction of sp³-hybridized carbons (Fsp3) is 0. The molecule has 0 saturated heterocycles. The normalized spacial score (nSPS) is 12.1. The van der Waals surface area contributed by atoms with Crippen molar-refractivity contribution >= 4 is 108 Å². The first kappa shape index (κ1) is 37.1. The van der Waals surface area contributed by atoms with E-state index in [9.17, 15) is 0 Å². The predicted molar refractivity (Wildman–Crippen MR) is 284 cm³/mol. The molecule has 68 heavy (non-hydrogen) atoms. The molecule has 5 nitrogen and oxygen atoms in total. The maximum Gasteiger partial charge on any atom is 0.238 e. The average molecular weight is 864 g/mol. The lowest BCUT2D eigenvalue weighted by Gasteiger charge is -2.15. The summed E-state index contributed by atoms with van der Waals surface area (Å²) in [7, 11) is 0. The van der Waals surface area contributed by atoms with E-state index in [2.05, 4.69) is 215 Å². The zero-order chi connectivity index (χ0) is 44.5. The first-order chi connectivity index (χ1) is 33.7. The van der Waals surface area contributed by atoms with Crippen LogP contribution in [0.1, 0.15) is 0 Å². The van der Waals surface area contributed by atoms with Crippen molar-refractivity contribution in [3.8, 4) is 34.4 Å². The molecule has 0 fully saturated rings. The van der Waals surface area contributed by atoms with Crippen LogP contribution in [0.3, 0.4) is 0 Å². The molecule has 0 aliphatic carbocycles. The largest absolute Gasteiger partial charge is 0.307 e. The number of fused-ring (bicyclic) bond motifs is 19. The molecule has 0 N–H and O–H groups in total. The van der Waals surface area contributed by atoms with Gasteiger partial charge in [0, 0.05) is 38.4 Å². The molecule has 0 radical (unpaired) electrons. The monoisotopic (exact) mass is 863 g/mol. The van der Waals surface area contributed by atoms with Gasteiger partial charge in [0.25, 0.3) is 0 Å². The van der Waals surface area contributed by atoms with E-state index in [1.807, 2.05) is 18.2 Å². The summed E-state index contributed by atoms with van der Waals surface area (Å²) in [5.74, 6) is 1.78. The molecule has 3 heterocycles. The van der Waals surface area contributed by atoms with Crippen LogP contribution in [0.15, 0.2) is 224 Å². The standard InChI is InChI=1S/C63H37N5/c1-2-16-38(17-3-1)61-64-62(39-30-32-49-45-22-6-4-18-41(45)43-20-8-10-24-47(43)55(49)36-39)66-63(65-61)68-58-29-15-13-27-52(58)54-35-34-53-51-26-12-14-28-57(51)67(59(53)60(54)68)40-31-33-50-46-23-7-5-19-42(46)44-21-9-11-25-48(44)56(50)37-40/h1-37H. The van der Waals surface area contributed by atoms with Gasteiger partial charge in [-0.3, -0.25) is 4.57 Å². The van der Waals surface area contributed by atoms with Gasteiger partial charge in [0.05, 0.1) is 22.1 Å². The van der Waals surface area contributed by atoms with Gasteiger partial charge in [-0.25, -0.2) is 4.98 Å². The van der Waals surface area contributed by atoms with Gasteiger partial charge in [-0.1, -0.05) is 194 Å². The van der Waals surface area contributed by atoms with E-state index in [0.717, 1.165) is 55.0 Å². The summed E-state index contributed by atoms with van der Waals surface area (Å²) < 4.78 is 4.75. The number of hydrogen-bond donors (Lipinski definition) is 0. The van der Waals surface area contributed by atoms with Gasteiger partial charge >= 0.3 is 0 Å². The fourth-order valence-corrected chi connectivity index (χ4v) is 11.4. The zero-order valence-electron chi connectivity index (χ0n) is 36.6. The Balaban J connectivity index is 1.05. The van der Waals surface area contributed by atoms with E-state index < -0.39 is 0 Å². The Morgan fingerprint density at radius 1 is 0.235 bits per heavy atom. The van der Waals surface area contributed by atoms with Gasteiger partial charge in [0.15, 0.2) is 11.6 Å². The summed E-state index contributed by atoms with van der Waals surface area (Å²) in [6.45, 7) is 0. The van der Waals surface area contributed by atoms with Crippen LogP contribution in [0.2, 0.25) is 0 Å². The molecular formula is C63H37N5. The van der Waals surface area contributed by atoms with Gasteiger partial charge in [-0.2, -0.15) is 9.97 Å². The zero-order valence-corrected chi connectivity index (χ0v) is 36.6. The van der Waals surface area contributed by atoms with Crippen LogP contribution >= 0.6 is 0 Å². The number of aromatic nitrogens is 5. The first-order valence-electron chi connectivity index (χ1n) is 23.2. The van der Waals surface area contributed by atoms with Crippen LogP contribution < -0.4 is 0 Å². The van der Waals surface area contributed by atoms with Crippen LogP contribution in [0, 0.1) is 0 Å². The van der Waals surface area contributed by atoms with Crippen molar-refractivity contribution in [3.63, 3.8) is 0 Å². The Kier molecular flexibility index (Phi) is 7.72. The highest BCUT2D eigenvalue weighted by Gasteiger charge is 2.24. The van der Waals surface area contributed by atoms with Gasteiger partial charge in [-0.05, 0) is 95.0 Å².